The average molecular weight is 224 g/mol. The Bertz CT molecular complexity index is 384. The van der Waals surface area contributed by atoms with Gasteiger partial charge in [0.1, 0.15) is 0 Å². The molecule has 0 aromatic heterocycles. The number of benzene rings is 1. The van der Waals surface area contributed by atoms with E-state index in [2.05, 4.69) is 11.9 Å². The molecule has 0 fully saturated rings. The van der Waals surface area contributed by atoms with Crippen LogP contribution in [0.2, 0.25) is 5.02 Å². The van der Waals surface area contributed by atoms with Crippen molar-refractivity contribution in [3.05, 3.63) is 47.5 Å². The summed E-state index contributed by atoms with van der Waals surface area (Å²) in [7, 11) is 0. The molecule has 1 amide bonds. The Morgan fingerprint density at radius 2 is 1.93 bits per heavy atom. The number of ketones is 1. The predicted octanol–water partition coefficient (Wildman–Crippen LogP) is 1.82. The number of carbonyl (C=O) groups is 2. The molecular weight excluding hydrogens is 214 g/mol. The zero-order valence-corrected chi connectivity index (χ0v) is 8.75. The maximum Gasteiger partial charge on any atom is 0.292 e. The molecular formula is C11H10ClNO2. The van der Waals surface area contributed by atoms with E-state index in [0.29, 0.717) is 10.6 Å². The van der Waals surface area contributed by atoms with Crippen LogP contribution in [0.4, 0.5) is 0 Å². The molecule has 0 aliphatic carbocycles. The van der Waals surface area contributed by atoms with Gasteiger partial charge in [0, 0.05) is 17.1 Å². The molecule has 0 unspecified atom stereocenters. The van der Waals surface area contributed by atoms with Crippen LogP contribution in [-0.4, -0.2) is 18.2 Å². The van der Waals surface area contributed by atoms with Gasteiger partial charge in [0.2, 0.25) is 5.78 Å². The van der Waals surface area contributed by atoms with Crippen molar-refractivity contribution in [2.75, 3.05) is 6.54 Å². The lowest BCUT2D eigenvalue weighted by Gasteiger charge is -2.01. The molecule has 0 atom stereocenters. The largest absolute Gasteiger partial charge is 0.346 e. The lowest BCUT2D eigenvalue weighted by molar-refractivity contribution is -0.116. The monoisotopic (exact) mass is 223 g/mol. The third-order valence-electron chi connectivity index (χ3n) is 1.72. The van der Waals surface area contributed by atoms with E-state index in [0.717, 1.165) is 0 Å². The van der Waals surface area contributed by atoms with Crippen LogP contribution < -0.4 is 5.32 Å². The van der Waals surface area contributed by atoms with Crippen LogP contribution in [-0.2, 0) is 4.79 Å². The van der Waals surface area contributed by atoms with Crippen molar-refractivity contribution in [2.45, 2.75) is 0 Å². The first-order chi connectivity index (χ1) is 7.15. The number of carbonyl (C=O) groups excluding carboxylic acids is 2. The van der Waals surface area contributed by atoms with Gasteiger partial charge in [-0.15, -0.1) is 6.58 Å². The summed E-state index contributed by atoms with van der Waals surface area (Å²) in [6, 6.07) is 6.15. The molecule has 0 heterocycles. The lowest BCUT2D eigenvalue weighted by atomic mass is 10.1. The highest BCUT2D eigenvalue weighted by molar-refractivity contribution is 6.43. The normalized spacial score (nSPS) is 9.40. The van der Waals surface area contributed by atoms with Gasteiger partial charge in [-0.1, -0.05) is 17.7 Å². The highest BCUT2D eigenvalue weighted by Crippen LogP contribution is 2.09. The van der Waals surface area contributed by atoms with Gasteiger partial charge in [0.05, 0.1) is 0 Å². The van der Waals surface area contributed by atoms with Gasteiger partial charge in [-0.3, -0.25) is 9.59 Å². The van der Waals surface area contributed by atoms with Crippen molar-refractivity contribution in [1.29, 1.82) is 0 Å². The Labute approximate surface area is 92.7 Å². The maximum atomic E-state index is 11.5. The molecule has 1 rings (SSSR count). The van der Waals surface area contributed by atoms with Crippen LogP contribution >= 0.6 is 11.6 Å². The fourth-order valence-corrected chi connectivity index (χ4v) is 1.10. The summed E-state index contributed by atoms with van der Waals surface area (Å²) in [6.07, 6.45) is 1.51. The molecule has 0 aliphatic rings. The Balaban J connectivity index is 2.72. The zero-order chi connectivity index (χ0) is 11.3. The second-order valence-corrected chi connectivity index (χ2v) is 3.27. The summed E-state index contributed by atoms with van der Waals surface area (Å²) in [5, 5.41) is 2.93. The topological polar surface area (TPSA) is 46.2 Å². The minimum absolute atomic E-state index is 0.276. The van der Waals surface area contributed by atoms with E-state index in [1.165, 1.54) is 18.2 Å². The third-order valence-corrected chi connectivity index (χ3v) is 1.97. The summed E-state index contributed by atoms with van der Waals surface area (Å²) in [6.45, 7) is 3.71. The van der Waals surface area contributed by atoms with Gasteiger partial charge in [0.15, 0.2) is 0 Å². The number of Topliss-reactive ketones (excluding diaryl/α,β-unsaturated/α-hetero) is 1. The maximum absolute atomic E-state index is 11.5. The van der Waals surface area contributed by atoms with Gasteiger partial charge in [0.25, 0.3) is 5.91 Å². The number of hydrogen-bond donors (Lipinski definition) is 1. The van der Waals surface area contributed by atoms with E-state index in [4.69, 9.17) is 11.6 Å². The summed E-state index contributed by atoms with van der Waals surface area (Å²) < 4.78 is 0. The van der Waals surface area contributed by atoms with Crippen LogP contribution in [0.1, 0.15) is 10.4 Å². The second-order valence-electron chi connectivity index (χ2n) is 2.83. The highest BCUT2D eigenvalue weighted by atomic mass is 35.5. The minimum Gasteiger partial charge on any atom is -0.346 e. The molecule has 1 N–H and O–H groups in total. The molecule has 1 aromatic rings. The van der Waals surface area contributed by atoms with Crippen LogP contribution in [0.5, 0.6) is 0 Å². The first-order valence-corrected chi connectivity index (χ1v) is 4.72. The SMILES string of the molecule is C=CCNC(=O)C(=O)c1ccc(Cl)cc1. The molecule has 78 valence electrons. The molecule has 1 aromatic carbocycles. The first kappa shape index (κ1) is 11.5. The molecule has 0 spiro atoms. The van der Waals surface area contributed by atoms with Crippen molar-refractivity contribution in [1.82, 2.24) is 5.32 Å². The van der Waals surface area contributed by atoms with Crippen LogP contribution in [0.25, 0.3) is 0 Å². The summed E-state index contributed by atoms with van der Waals surface area (Å²) in [5.74, 6) is -1.22. The van der Waals surface area contributed by atoms with Crippen molar-refractivity contribution < 1.29 is 9.59 Å². The van der Waals surface area contributed by atoms with E-state index in [1.54, 1.807) is 12.1 Å². The Morgan fingerprint density at radius 3 is 2.47 bits per heavy atom. The first-order valence-electron chi connectivity index (χ1n) is 4.34. The van der Waals surface area contributed by atoms with Gasteiger partial charge in [-0.05, 0) is 24.3 Å². The Hall–Kier alpha value is -1.61. The van der Waals surface area contributed by atoms with Crippen molar-refractivity contribution in [3.8, 4) is 0 Å². The second kappa shape index (κ2) is 5.32. The lowest BCUT2D eigenvalue weighted by Crippen LogP contribution is -2.30. The number of halogens is 1. The number of amides is 1. The van der Waals surface area contributed by atoms with Crippen LogP contribution in [0, 0.1) is 0 Å². The van der Waals surface area contributed by atoms with Crippen LogP contribution in [0.3, 0.4) is 0 Å². The number of nitrogens with one attached hydrogen (secondary N) is 1. The number of hydrogen-bond acceptors (Lipinski definition) is 2. The van der Waals surface area contributed by atoms with E-state index < -0.39 is 11.7 Å². The average Bonchev–Trinajstić information content (AvgIpc) is 2.26. The molecule has 0 saturated carbocycles. The smallest absolute Gasteiger partial charge is 0.292 e. The molecule has 0 radical (unpaired) electrons. The van der Waals surface area contributed by atoms with E-state index in [9.17, 15) is 9.59 Å². The molecule has 3 nitrogen and oxygen atoms in total. The van der Waals surface area contributed by atoms with Crippen molar-refractivity contribution >= 4 is 23.3 Å². The molecule has 15 heavy (non-hydrogen) atoms. The minimum atomic E-state index is -0.641. The Kier molecular flexibility index (Phi) is 4.06. The van der Waals surface area contributed by atoms with Gasteiger partial charge in [-0.25, -0.2) is 0 Å². The molecule has 0 aliphatic heterocycles. The van der Waals surface area contributed by atoms with E-state index in [-0.39, 0.29) is 6.54 Å². The summed E-state index contributed by atoms with van der Waals surface area (Å²) >= 11 is 5.65. The fraction of sp³-hybridized carbons (Fsp3) is 0.0909. The quantitative estimate of drug-likeness (QED) is 0.481. The van der Waals surface area contributed by atoms with Crippen molar-refractivity contribution in [3.63, 3.8) is 0 Å². The van der Waals surface area contributed by atoms with Gasteiger partial charge in [-0.2, -0.15) is 0 Å². The standard InChI is InChI=1S/C11H10ClNO2/c1-2-7-13-11(15)10(14)8-3-5-9(12)6-4-8/h2-6H,1,7H2,(H,13,15). The summed E-state index contributed by atoms with van der Waals surface area (Å²) in [5.41, 5.74) is 0.320. The van der Waals surface area contributed by atoms with E-state index in [1.807, 2.05) is 0 Å². The predicted molar refractivity (Wildman–Crippen MR) is 59.0 cm³/mol. The molecule has 4 heteroatoms. The summed E-state index contributed by atoms with van der Waals surface area (Å²) in [4.78, 5) is 22.7. The number of rotatable bonds is 4. The van der Waals surface area contributed by atoms with Crippen molar-refractivity contribution in [2.24, 2.45) is 0 Å². The van der Waals surface area contributed by atoms with Crippen LogP contribution in [0.15, 0.2) is 36.9 Å². The molecule has 0 saturated heterocycles. The van der Waals surface area contributed by atoms with Gasteiger partial charge < -0.3 is 5.32 Å². The Morgan fingerprint density at radius 1 is 1.33 bits per heavy atom. The highest BCUT2D eigenvalue weighted by Gasteiger charge is 2.14. The van der Waals surface area contributed by atoms with E-state index >= 15 is 0 Å². The van der Waals surface area contributed by atoms with Gasteiger partial charge >= 0.3 is 0 Å². The molecule has 0 bridgehead atoms. The zero-order valence-electron chi connectivity index (χ0n) is 8.00. The third kappa shape index (κ3) is 3.22. The fourth-order valence-electron chi connectivity index (χ4n) is 0.978.